The van der Waals surface area contributed by atoms with Crippen molar-refractivity contribution in [1.82, 2.24) is 15.1 Å². The summed E-state index contributed by atoms with van der Waals surface area (Å²) in [5, 5.41) is 3.16. The molecular formula is C19H33Cl2N3O3. The van der Waals surface area contributed by atoms with Crippen LogP contribution < -0.4 is 5.32 Å². The first-order valence-electron chi connectivity index (χ1n) is 9.04. The zero-order valence-electron chi connectivity index (χ0n) is 16.3. The van der Waals surface area contributed by atoms with Gasteiger partial charge in [0.1, 0.15) is 0 Å². The number of rotatable bonds is 10. The minimum Gasteiger partial charge on any atom is -0.383 e. The van der Waals surface area contributed by atoms with E-state index in [-0.39, 0.29) is 36.8 Å². The predicted octanol–water partition coefficient (Wildman–Crippen LogP) is 1.82. The molecule has 1 saturated heterocycles. The first kappa shape index (κ1) is 26.1. The fourth-order valence-electron chi connectivity index (χ4n) is 3.00. The number of ether oxygens (including phenoxy) is 2. The van der Waals surface area contributed by atoms with E-state index in [2.05, 4.69) is 29.3 Å². The van der Waals surface area contributed by atoms with Gasteiger partial charge in [0.2, 0.25) is 5.91 Å². The Hall–Kier alpha value is -0.890. The molecule has 0 aliphatic carbocycles. The largest absolute Gasteiger partial charge is 0.383 e. The Balaban J connectivity index is 0.00000338. The Bertz CT molecular complexity index is 502. The number of nitrogens with one attached hydrogen (secondary N) is 1. The summed E-state index contributed by atoms with van der Waals surface area (Å²) in [4.78, 5) is 17.1. The summed E-state index contributed by atoms with van der Waals surface area (Å²) >= 11 is 0. The van der Waals surface area contributed by atoms with Crippen molar-refractivity contribution in [3.63, 3.8) is 0 Å². The van der Waals surface area contributed by atoms with Crippen molar-refractivity contribution in [3.8, 4) is 0 Å². The zero-order valence-corrected chi connectivity index (χ0v) is 17.9. The topological polar surface area (TPSA) is 54.0 Å². The molecule has 1 aromatic carbocycles. The molecule has 6 nitrogen and oxygen atoms in total. The minimum absolute atomic E-state index is 0. The second-order valence-corrected chi connectivity index (χ2v) is 6.44. The number of amides is 1. The highest BCUT2D eigenvalue weighted by Crippen LogP contribution is 2.11. The van der Waals surface area contributed by atoms with Gasteiger partial charge in [0.15, 0.2) is 0 Å². The molecule has 1 atom stereocenters. The summed E-state index contributed by atoms with van der Waals surface area (Å²) in [6.07, 6.45) is 0. The van der Waals surface area contributed by atoms with Crippen LogP contribution in [0.15, 0.2) is 30.3 Å². The number of carbonyl (C=O) groups is 1. The van der Waals surface area contributed by atoms with Crippen molar-refractivity contribution >= 4 is 30.7 Å². The highest BCUT2D eigenvalue weighted by atomic mass is 35.5. The first-order chi connectivity index (χ1) is 12.2. The van der Waals surface area contributed by atoms with Crippen LogP contribution in [0.5, 0.6) is 0 Å². The molecule has 1 aliphatic heterocycles. The summed E-state index contributed by atoms with van der Waals surface area (Å²) < 4.78 is 10.4. The molecule has 1 aliphatic rings. The Morgan fingerprint density at radius 2 is 1.93 bits per heavy atom. The average molecular weight is 422 g/mol. The van der Waals surface area contributed by atoms with Crippen molar-refractivity contribution in [2.75, 3.05) is 59.7 Å². The number of benzene rings is 1. The molecule has 8 heteroatoms. The van der Waals surface area contributed by atoms with Crippen molar-refractivity contribution in [2.45, 2.75) is 19.5 Å². The molecule has 1 aromatic rings. The number of morpholine rings is 1. The van der Waals surface area contributed by atoms with Crippen LogP contribution in [-0.4, -0.2) is 81.4 Å². The molecule has 1 unspecified atom stereocenters. The van der Waals surface area contributed by atoms with E-state index in [0.717, 1.165) is 38.4 Å². The molecule has 1 amide bonds. The maximum Gasteiger partial charge on any atom is 0.237 e. The van der Waals surface area contributed by atoms with Gasteiger partial charge in [-0.1, -0.05) is 30.3 Å². The van der Waals surface area contributed by atoms with E-state index in [0.29, 0.717) is 26.2 Å². The van der Waals surface area contributed by atoms with Gasteiger partial charge in [-0.15, -0.1) is 24.8 Å². The van der Waals surface area contributed by atoms with Gasteiger partial charge in [-0.3, -0.25) is 9.69 Å². The summed E-state index contributed by atoms with van der Waals surface area (Å²) in [5.74, 6) is 0.126. The second kappa shape index (κ2) is 15.1. The summed E-state index contributed by atoms with van der Waals surface area (Å²) in [6.45, 7) is 8.68. The van der Waals surface area contributed by atoms with Gasteiger partial charge in [-0.2, -0.15) is 0 Å². The third-order valence-electron chi connectivity index (χ3n) is 4.43. The van der Waals surface area contributed by atoms with Crippen LogP contribution in [-0.2, 0) is 20.8 Å². The third-order valence-corrected chi connectivity index (χ3v) is 4.43. The lowest BCUT2D eigenvalue weighted by Crippen LogP contribution is -2.50. The van der Waals surface area contributed by atoms with E-state index < -0.39 is 0 Å². The zero-order chi connectivity index (χ0) is 17.9. The van der Waals surface area contributed by atoms with Crippen LogP contribution in [0.25, 0.3) is 0 Å². The second-order valence-electron chi connectivity index (χ2n) is 6.44. The van der Waals surface area contributed by atoms with Crippen molar-refractivity contribution in [3.05, 3.63) is 35.9 Å². The number of nitrogens with zero attached hydrogens (tertiary/aromatic N) is 2. The third kappa shape index (κ3) is 9.74. The summed E-state index contributed by atoms with van der Waals surface area (Å²) in [6, 6.07) is 10.3. The maximum atomic E-state index is 12.8. The molecule has 1 N–H and O–H groups in total. The van der Waals surface area contributed by atoms with Gasteiger partial charge in [0.05, 0.1) is 26.4 Å². The average Bonchev–Trinajstić information content (AvgIpc) is 2.64. The van der Waals surface area contributed by atoms with E-state index in [1.165, 1.54) is 0 Å². The van der Waals surface area contributed by atoms with E-state index in [1.54, 1.807) is 7.11 Å². The molecule has 2 rings (SSSR count). The summed E-state index contributed by atoms with van der Waals surface area (Å²) in [5.41, 5.74) is 1.15. The van der Waals surface area contributed by atoms with E-state index in [1.807, 2.05) is 23.1 Å². The normalized spacial score (nSPS) is 15.3. The smallest absolute Gasteiger partial charge is 0.237 e. The number of halogens is 2. The Kier molecular flexibility index (Phi) is 14.6. The molecular weight excluding hydrogens is 389 g/mol. The van der Waals surface area contributed by atoms with Crippen molar-refractivity contribution in [2.24, 2.45) is 0 Å². The highest BCUT2D eigenvalue weighted by molar-refractivity contribution is 5.85. The molecule has 1 fully saturated rings. The maximum absolute atomic E-state index is 12.8. The molecule has 0 aromatic heterocycles. The minimum atomic E-state index is 0. The number of hydrogen-bond donors (Lipinski definition) is 1. The first-order valence-corrected chi connectivity index (χ1v) is 9.04. The van der Waals surface area contributed by atoms with E-state index in [4.69, 9.17) is 9.47 Å². The number of carbonyl (C=O) groups excluding carboxylic acids is 1. The molecule has 0 bridgehead atoms. The van der Waals surface area contributed by atoms with E-state index >= 15 is 0 Å². The standard InChI is InChI=1S/C19H31N3O3.2ClH/c1-17(15-21-9-12-25-13-10-21)22(16-18-6-4-3-5-7-18)19(23)14-20-8-11-24-2;;/h3-7,17,20H,8-16H2,1-2H3;2*1H. The lowest BCUT2D eigenvalue weighted by Gasteiger charge is -2.35. The number of methoxy groups -OCH3 is 1. The van der Waals surface area contributed by atoms with Crippen molar-refractivity contribution < 1.29 is 14.3 Å². The molecule has 1 heterocycles. The van der Waals surface area contributed by atoms with Crippen LogP contribution in [0.4, 0.5) is 0 Å². The molecule has 0 saturated carbocycles. The van der Waals surface area contributed by atoms with Gasteiger partial charge in [0.25, 0.3) is 0 Å². The van der Waals surface area contributed by atoms with Crippen LogP contribution in [0.2, 0.25) is 0 Å². The van der Waals surface area contributed by atoms with Crippen LogP contribution >= 0.6 is 24.8 Å². The fourth-order valence-corrected chi connectivity index (χ4v) is 3.00. The van der Waals surface area contributed by atoms with Crippen LogP contribution in [0.3, 0.4) is 0 Å². The predicted molar refractivity (Wildman–Crippen MR) is 113 cm³/mol. The quantitative estimate of drug-likeness (QED) is 0.583. The monoisotopic (exact) mass is 421 g/mol. The lowest BCUT2D eigenvalue weighted by atomic mass is 10.1. The SMILES string of the molecule is COCCNCC(=O)N(Cc1ccccc1)C(C)CN1CCOCC1.Cl.Cl. The lowest BCUT2D eigenvalue weighted by molar-refractivity contribution is -0.133. The summed E-state index contributed by atoms with van der Waals surface area (Å²) in [7, 11) is 1.66. The molecule has 27 heavy (non-hydrogen) atoms. The van der Waals surface area contributed by atoms with Crippen LogP contribution in [0.1, 0.15) is 12.5 Å². The van der Waals surface area contributed by atoms with Crippen LogP contribution in [0, 0.1) is 0 Å². The Labute approximate surface area is 175 Å². The van der Waals surface area contributed by atoms with Gasteiger partial charge in [0, 0.05) is 45.9 Å². The highest BCUT2D eigenvalue weighted by Gasteiger charge is 2.23. The van der Waals surface area contributed by atoms with E-state index in [9.17, 15) is 4.79 Å². The molecule has 156 valence electrons. The Morgan fingerprint density at radius 1 is 1.26 bits per heavy atom. The van der Waals surface area contributed by atoms with Gasteiger partial charge >= 0.3 is 0 Å². The van der Waals surface area contributed by atoms with Gasteiger partial charge in [-0.05, 0) is 12.5 Å². The fraction of sp³-hybridized carbons (Fsp3) is 0.632. The Morgan fingerprint density at radius 3 is 2.56 bits per heavy atom. The molecule has 0 radical (unpaired) electrons. The molecule has 0 spiro atoms. The number of hydrogen-bond acceptors (Lipinski definition) is 5. The van der Waals surface area contributed by atoms with Gasteiger partial charge < -0.3 is 19.7 Å². The van der Waals surface area contributed by atoms with Gasteiger partial charge in [-0.25, -0.2) is 0 Å². The van der Waals surface area contributed by atoms with Crippen molar-refractivity contribution in [1.29, 1.82) is 0 Å².